The predicted molar refractivity (Wildman–Crippen MR) is 137 cm³/mol. The van der Waals surface area contributed by atoms with Crippen LogP contribution in [0.3, 0.4) is 0 Å². The van der Waals surface area contributed by atoms with Gasteiger partial charge in [-0.2, -0.15) is 0 Å². The summed E-state index contributed by atoms with van der Waals surface area (Å²) in [4.78, 5) is 29.5. The Balaban J connectivity index is 1.72. The molecular formula is C29H36N2O6. The number of carbonyl (C=O) groups is 2. The number of morpholine rings is 1. The van der Waals surface area contributed by atoms with Gasteiger partial charge in [-0.1, -0.05) is 41.7 Å². The molecule has 8 heteroatoms. The fourth-order valence-electron chi connectivity index (χ4n) is 4.96. The highest BCUT2D eigenvalue weighted by Crippen LogP contribution is 2.41. The van der Waals surface area contributed by atoms with E-state index in [9.17, 15) is 14.7 Å². The van der Waals surface area contributed by atoms with Crippen LogP contribution in [0.2, 0.25) is 0 Å². The van der Waals surface area contributed by atoms with Crippen molar-refractivity contribution in [2.45, 2.75) is 33.2 Å². The number of carbonyl (C=O) groups excluding carboxylic acids is 2. The molecule has 2 aliphatic heterocycles. The van der Waals surface area contributed by atoms with Gasteiger partial charge in [0.15, 0.2) is 11.5 Å². The molecule has 1 atom stereocenters. The smallest absolute Gasteiger partial charge is 0.295 e. The number of hydrogen-bond donors (Lipinski definition) is 1. The van der Waals surface area contributed by atoms with Crippen molar-refractivity contribution in [3.05, 3.63) is 64.7 Å². The molecule has 2 saturated heterocycles. The Kier molecular flexibility index (Phi) is 8.84. The Morgan fingerprint density at radius 3 is 2.38 bits per heavy atom. The van der Waals surface area contributed by atoms with Gasteiger partial charge < -0.3 is 29.1 Å². The number of likely N-dealkylation sites (tertiary alicyclic amines) is 1. The molecule has 2 fully saturated rings. The van der Waals surface area contributed by atoms with Crippen LogP contribution < -0.4 is 19.5 Å². The van der Waals surface area contributed by atoms with E-state index in [4.69, 9.17) is 14.2 Å². The summed E-state index contributed by atoms with van der Waals surface area (Å²) in [6.45, 7) is 11.2. The standard InChI is InChI=1S/C29H36N2O6/c1-4-36-23-12-11-22(19-24(23)37-5-2)26-25(27(32)21-9-7-20(3)8-10-21)28(33)29(34)31(26)14-6-13-30-15-17-35-18-16-30/h7-12,19,26,32H,4-6,13-18H2,1-3H3/b27-25+. The Morgan fingerprint density at radius 2 is 1.70 bits per heavy atom. The van der Waals surface area contributed by atoms with Gasteiger partial charge in [0.2, 0.25) is 5.78 Å². The molecule has 1 N–H and O–H groups in total. The number of aryl methyl sites for hydroxylation is 1. The maximum atomic E-state index is 13.6. The minimum atomic E-state index is -0.789. The average molecular weight is 509 g/mol. The van der Waals surface area contributed by atoms with Crippen LogP contribution in [0.1, 0.15) is 43.0 Å². The van der Waals surface area contributed by atoms with Crippen molar-refractivity contribution in [3.63, 3.8) is 0 Å². The van der Waals surface area contributed by atoms with Gasteiger partial charge in [-0.15, -0.1) is 0 Å². The third-order valence-electron chi connectivity index (χ3n) is 6.86. The molecule has 1 unspecified atom stereocenters. The van der Waals surface area contributed by atoms with E-state index in [0.717, 1.165) is 38.4 Å². The van der Waals surface area contributed by atoms with Gasteiger partial charge in [-0.25, -0.2) is 0 Å². The van der Waals surface area contributed by atoms with Crippen LogP contribution in [0.15, 0.2) is 48.0 Å². The second-order valence-electron chi connectivity index (χ2n) is 9.38. The number of amides is 1. The normalized spacial score (nSPS) is 19.9. The van der Waals surface area contributed by atoms with E-state index >= 15 is 0 Å². The molecule has 0 bridgehead atoms. The fourth-order valence-corrected chi connectivity index (χ4v) is 4.96. The van der Waals surface area contributed by atoms with E-state index in [1.54, 1.807) is 29.2 Å². The lowest BCUT2D eigenvalue weighted by molar-refractivity contribution is -0.908. The SMILES string of the molecule is CCOc1ccc(C2/C(=C(\[O-])c3ccc(C)cc3)C(=O)C(=O)N2CCC[NH+]2CCOCC2)cc1OCC. The maximum absolute atomic E-state index is 13.6. The van der Waals surface area contributed by atoms with Crippen molar-refractivity contribution < 1.29 is 33.8 Å². The third kappa shape index (κ3) is 5.97. The Hall–Kier alpha value is -3.36. The number of nitrogens with zero attached hydrogens (tertiary/aromatic N) is 1. The van der Waals surface area contributed by atoms with E-state index < -0.39 is 23.5 Å². The molecule has 37 heavy (non-hydrogen) atoms. The van der Waals surface area contributed by atoms with Crippen LogP contribution >= 0.6 is 0 Å². The third-order valence-corrected chi connectivity index (χ3v) is 6.86. The van der Waals surface area contributed by atoms with Crippen LogP contribution in [-0.2, 0) is 14.3 Å². The molecule has 0 spiro atoms. The number of ether oxygens (including phenoxy) is 3. The van der Waals surface area contributed by atoms with Gasteiger partial charge in [-0.3, -0.25) is 9.59 Å². The van der Waals surface area contributed by atoms with E-state index in [1.807, 2.05) is 39.0 Å². The van der Waals surface area contributed by atoms with E-state index in [2.05, 4.69) is 0 Å². The Labute approximate surface area is 218 Å². The van der Waals surface area contributed by atoms with Crippen molar-refractivity contribution in [2.24, 2.45) is 0 Å². The minimum Gasteiger partial charge on any atom is -0.872 e. The van der Waals surface area contributed by atoms with Crippen LogP contribution in [-0.4, -0.2) is 69.2 Å². The molecule has 2 aliphatic rings. The molecule has 1 amide bonds. The first kappa shape index (κ1) is 26.7. The van der Waals surface area contributed by atoms with Crippen molar-refractivity contribution in [1.29, 1.82) is 0 Å². The van der Waals surface area contributed by atoms with Crippen molar-refractivity contribution in [3.8, 4) is 11.5 Å². The number of nitrogens with one attached hydrogen (secondary N) is 1. The van der Waals surface area contributed by atoms with Crippen molar-refractivity contribution >= 4 is 17.4 Å². The molecule has 0 aliphatic carbocycles. The highest BCUT2D eigenvalue weighted by Gasteiger charge is 2.44. The molecule has 0 saturated carbocycles. The zero-order valence-corrected chi connectivity index (χ0v) is 21.9. The summed E-state index contributed by atoms with van der Waals surface area (Å²) in [5, 5.41) is 13.6. The molecule has 0 radical (unpaired) electrons. The van der Waals surface area contributed by atoms with Gasteiger partial charge in [0.05, 0.1) is 39.0 Å². The van der Waals surface area contributed by atoms with Gasteiger partial charge in [0, 0.05) is 18.5 Å². The van der Waals surface area contributed by atoms with Crippen LogP contribution in [0.5, 0.6) is 11.5 Å². The molecule has 8 nitrogen and oxygen atoms in total. The van der Waals surface area contributed by atoms with Crippen LogP contribution in [0.4, 0.5) is 0 Å². The molecule has 2 heterocycles. The summed E-state index contributed by atoms with van der Waals surface area (Å²) in [6, 6.07) is 11.7. The number of quaternary nitrogens is 1. The van der Waals surface area contributed by atoms with E-state index in [0.29, 0.717) is 48.8 Å². The minimum absolute atomic E-state index is 0.0146. The monoisotopic (exact) mass is 508 g/mol. The summed E-state index contributed by atoms with van der Waals surface area (Å²) in [6.07, 6.45) is 0.714. The molecule has 2 aromatic carbocycles. The number of rotatable bonds is 10. The van der Waals surface area contributed by atoms with Gasteiger partial charge in [-0.05, 0) is 44.0 Å². The lowest BCUT2D eigenvalue weighted by Gasteiger charge is -2.29. The number of benzene rings is 2. The number of Topliss-reactive ketones (excluding diaryl/α,β-unsaturated/α-hetero) is 1. The highest BCUT2D eigenvalue weighted by atomic mass is 16.5. The number of hydrogen-bond acceptors (Lipinski definition) is 6. The van der Waals surface area contributed by atoms with E-state index in [1.165, 1.54) is 4.90 Å². The zero-order valence-electron chi connectivity index (χ0n) is 21.9. The molecule has 4 rings (SSSR count). The summed E-state index contributed by atoms with van der Waals surface area (Å²) < 4.78 is 17.0. The summed E-state index contributed by atoms with van der Waals surface area (Å²) >= 11 is 0. The Bertz CT molecular complexity index is 1140. The lowest BCUT2D eigenvalue weighted by atomic mass is 9.94. The van der Waals surface area contributed by atoms with Gasteiger partial charge in [0.25, 0.3) is 5.91 Å². The lowest BCUT2D eigenvalue weighted by Crippen LogP contribution is -3.14. The van der Waals surface area contributed by atoms with E-state index in [-0.39, 0.29) is 5.57 Å². The first-order valence-corrected chi connectivity index (χ1v) is 13.1. The quantitative estimate of drug-likeness (QED) is 0.296. The number of ketones is 1. The van der Waals surface area contributed by atoms with Gasteiger partial charge in [0.1, 0.15) is 13.1 Å². The second-order valence-corrected chi connectivity index (χ2v) is 9.38. The highest BCUT2D eigenvalue weighted by molar-refractivity contribution is 6.46. The second kappa shape index (κ2) is 12.3. The van der Waals surface area contributed by atoms with Crippen molar-refractivity contribution in [1.82, 2.24) is 4.90 Å². The van der Waals surface area contributed by atoms with Crippen LogP contribution in [0.25, 0.3) is 5.76 Å². The zero-order chi connectivity index (χ0) is 26.4. The predicted octanol–water partition coefficient (Wildman–Crippen LogP) is 1.32. The molecule has 2 aromatic rings. The largest absolute Gasteiger partial charge is 0.872 e. The molecular weight excluding hydrogens is 472 g/mol. The summed E-state index contributed by atoms with van der Waals surface area (Å²) in [5.41, 5.74) is 2.04. The topological polar surface area (TPSA) is 92.6 Å². The maximum Gasteiger partial charge on any atom is 0.295 e. The summed E-state index contributed by atoms with van der Waals surface area (Å²) in [7, 11) is 0. The fraction of sp³-hybridized carbons (Fsp3) is 0.448. The first-order valence-electron chi connectivity index (χ1n) is 13.1. The molecule has 198 valence electrons. The summed E-state index contributed by atoms with van der Waals surface area (Å²) in [5.74, 6) is -0.687. The van der Waals surface area contributed by atoms with Gasteiger partial charge >= 0.3 is 0 Å². The van der Waals surface area contributed by atoms with Crippen LogP contribution in [0, 0.1) is 6.92 Å². The molecule has 0 aromatic heterocycles. The average Bonchev–Trinajstić information content (AvgIpc) is 3.16. The van der Waals surface area contributed by atoms with Crippen molar-refractivity contribution in [2.75, 3.05) is 52.6 Å². The Morgan fingerprint density at radius 1 is 1.03 bits per heavy atom. The first-order chi connectivity index (χ1) is 17.9.